The van der Waals surface area contributed by atoms with Gasteiger partial charge in [-0.05, 0) is 48.2 Å². The zero-order valence-corrected chi connectivity index (χ0v) is 17.0. The van der Waals surface area contributed by atoms with Gasteiger partial charge < -0.3 is 10.6 Å². The monoisotopic (exact) mass is 429 g/mol. The number of rotatable bonds is 3. The third kappa shape index (κ3) is 3.51. The minimum Gasteiger partial charge on any atom is -0.372 e. The summed E-state index contributed by atoms with van der Waals surface area (Å²) in [5.74, 6) is -0.513. The number of nitro benzene ring substituents is 1. The molecule has 7 heteroatoms. The standard InChI is InChI=1S/C25H20FN3O3/c26-17-11-9-15(10-12-17)16-13-21-24(23(30)14-16)25(18-5-1-4-8-22(18)29(31)32)28-20-7-3-2-6-19(20)27-21/h1-12,16,25,27-28H,13-14H2. The van der Waals surface area contributed by atoms with Gasteiger partial charge in [0.2, 0.25) is 0 Å². The third-order valence-electron chi connectivity index (χ3n) is 6.09. The van der Waals surface area contributed by atoms with E-state index in [1.165, 1.54) is 18.2 Å². The molecule has 2 aliphatic rings. The van der Waals surface area contributed by atoms with E-state index in [1.807, 2.05) is 24.3 Å². The van der Waals surface area contributed by atoms with Crippen LogP contribution < -0.4 is 10.6 Å². The molecule has 160 valence electrons. The van der Waals surface area contributed by atoms with Crippen LogP contribution in [0.3, 0.4) is 0 Å². The molecule has 6 nitrogen and oxygen atoms in total. The summed E-state index contributed by atoms with van der Waals surface area (Å²) in [5.41, 5.74) is 4.09. The van der Waals surface area contributed by atoms with E-state index in [2.05, 4.69) is 10.6 Å². The molecule has 2 unspecified atom stereocenters. The van der Waals surface area contributed by atoms with E-state index in [4.69, 9.17) is 0 Å². The quantitative estimate of drug-likeness (QED) is 0.411. The molecule has 0 saturated heterocycles. The Bertz CT molecular complexity index is 1250. The Kier molecular flexibility index (Phi) is 4.93. The van der Waals surface area contributed by atoms with Crippen LogP contribution in [0.4, 0.5) is 21.5 Å². The van der Waals surface area contributed by atoms with Gasteiger partial charge in [0.15, 0.2) is 5.78 Å². The van der Waals surface area contributed by atoms with Crippen LogP contribution in [0.2, 0.25) is 0 Å². The molecule has 0 aromatic heterocycles. The summed E-state index contributed by atoms with van der Waals surface area (Å²) in [6.45, 7) is 0. The minimum absolute atomic E-state index is 0.0373. The molecule has 5 rings (SSSR count). The Balaban J connectivity index is 1.64. The van der Waals surface area contributed by atoms with Crippen LogP contribution in [0.5, 0.6) is 0 Å². The molecule has 1 aliphatic heterocycles. The number of benzene rings is 3. The second kappa shape index (κ2) is 7.92. The van der Waals surface area contributed by atoms with E-state index < -0.39 is 11.0 Å². The van der Waals surface area contributed by atoms with Gasteiger partial charge in [0, 0.05) is 23.8 Å². The Labute approximate surface area is 183 Å². The zero-order valence-electron chi connectivity index (χ0n) is 17.0. The normalized spacial score (nSPS) is 19.8. The molecular weight excluding hydrogens is 409 g/mol. The lowest BCUT2D eigenvalue weighted by atomic mass is 9.78. The lowest BCUT2D eigenvalue weighted by Gasteiger charge is -2.29. The highest BCUT2D eigenvalue weighted by atomic mass is 19.1. The van der Waals surface area contributed by atoms with Gasteiger partial charge in [-0.15, -0.1) is 0 Å². The van der Waals surface area contributed by atoms with Crippen LogP contribution in [-0.4, -0.2) is 10.7 Å². The molecule has 3 aromatic carbocycles. The van der Waals surface area contributed by atoms with Crippen LogP contribution in [-0.2, 0) is 4.79 Å². The average Bonchev–Trinajstić information content (AvgIpc) is 2.96. The van der Waals surface area contributed by atoms with Gasteiger partial charge in [-0.3, -0.25) is 14.9 Å². The van der Waals surface area contributed by atoms with Crippen molar-refractivity contribution in [1.82, 2.24) is 0 Å². The fraction of sp³-hybridized carbons (Fsp3) is 0.160. The van der Waals surface area contributed by atoms with E-state index in [-0.39, 0.29) is 29.6 Å². The maximum Gasteiger partial charge on any atom is 0.275 e. The molecule has 1 aliphatic carbocycles. The minimum atomic E-state index is -0.663. The van der Waals surface area contributed by atoms with Crippen LogP contribution >= 0.6 is 0 Å². The van der Waals surface area contributed by atoms with E-state index in [9.17, 15) is 19.3 Å². The summed E-state index contributed by atoms with van der Waals surface area (Å²) in [7, 11) is 0. The first kappa shape index (κ1) is 19.9. The van der Waals surface area contributed by atoms with Crippen LogP contribution in [0, 0.1) is 15.9 Å². The van der Waals surface area contributed by atoms with Crippen molar-refractivity contribution < 1.29 is 14.1 Å². The first-order valence-corrected chi connectivity index (χ1v) is 10.4. The summed E-state index contributed by atoms with van der Waals surface area (Å²) >= 11 is 0. The molecule has 32 heavy (non-hydrogen) atoms. The summed E-state index contributed by atoms with van der Waals surface area (Å²) in [5, 5.41) is 18.5. The fourth-order valence-electron chi connectivity index (χ4n) is 4.59. The lowest BCUT2D eigenvalue weighted by Crippen LogP contribution is -2.27. The van der Waals surface area contributed by atoms with E-state index >= 15 is 0 Å². The van der Waals surface area contributed by atoms with E-state index in [1.54, 1.807) is 30.3 Å². The molecule has 0 radical (unpaired) electrons. The number of Topliss-reactive ketones (excluding diaryl/α,β-unsaturated/α-hetero) is 1. The molecule has 1 heterocycles. The van der Waals surface area contributed by atoms with Gasteiger partial charge in [0.25, 0.3) is 5.69 Å². The molecular formula is C25H20FN3O3. The van der Waals surface area contributed by atoms with Gasteiger partial charge in [0.05, 0.1) is 27.9 Å². The van der Waals surface area contributed by atoms with Crippen LogP contribution in [0.15, 0.2) is 84.1 Å². The van der Waals surface area contributed by atoms with Crippen molar-refractivity contribution in [1.29, 1.82) is 0 Å². The number of ketones is 1. The van der Waals surface area contributed by atoms with E-state index in [0.717, 1.165) is 22.6 Å². The van der Waals surface area contributed by atoms with Crippen molar-refractivity contribution in [3.8, 4) is 0 Å². The number of nitrogens with zero attached hydrogens (tertiary/aromatic N) is 1. The van der Waals surface area contributed by atoms with Gasteiger partial charge in [-0.25, -0.2) is 4.39 Å². The molecule has 0 spiro atoms. The first-order valence-electron chi connectivity index (χ1n) is 10.4. The molecule has 0 fully saturated rings. The topological polar surface area (TPSA) is 84.3 Å². The summed E-state index contributed by atoms with van der Waals surface area (Å²) in [6, 6.07) is 19.6. The molecule has 0 amide bonds. The number of nitro groups is 1. The predicted octanol–water partition coefficient (Wildman–Crippen LogP) is 5.71. The number of fused-ring (bicyclic) bond motifs is 1. The number of para-hydroxylation sites is 3. The number of carbonyl (C=O) groups excluding carboxylic acids is 1. The maximum atomic E-state index is 13.5. The van der Waals surface area contributed by atoms with Gasteiger partial charge in [-0.2, -0.15) is 0 Å². The van der Waals surface area contributed by atoms with Gasteiger partial charge in [0.1, 0.15) is 5.82 Å². The van der Waals surface area contributed by atoms with Crippen molar-refractivity contribution in [2.75, 3.05) is 10.6 Å². The highest BCUT2D eigenvalue weighted by molar-refractivity contribution is 6.01. The van der Waals surface area contributed by atoms with E-state index in [0.29, 0.717) is 17.6 Å². The van der Waals surface area contributed by atoms with Crippen LogP contribution in [0.25, 0.3) is 0 Å². The molecule has 3 aromatic rings. The van der Waals surface area contributed by atoms with Crippen molar-refractivity contribution in [3.63, 3.8) is 0 Å². The smallest absolute Gasteiger partial charge is 0.275 e. The summed E-state index contributed by atoms with van der Waals surface area (Å²) in [6.07, 6.45) is 0.793. The Morgan fingerprint density at radius 2 is 1.59 bits per heavy atom. The van der Waals surface area contributed by atoms with Crippen molar-refractivity contribution >= 4 is 22.8 Å². The number of nitrogens with one attached hydrogen (secondary N) is 2. The van der Waals surface area contributed by atoms with Gasteiger partial charge >= 0.3 is 0 Å². The maximum absolute atomic E-state index is 13.5. The Morgan fingerprint density at radius 1 is 0.906 bits per heavy atom. The van der Waals surface area contributed by atoms with Crippen molar-refractivity contribution in [2.45, 2.75) is 24.8 Å². The highest BCUT2D eigenvalue weighted by Crippen LogP contribution is 2.45. The summed E-state index contributed by atoms with van der Waals surface area (Å²) in [4.78, 5) is 24.8. The first-order chi connectivity index (χ1) is 15.5. The Morgan fingerprint density at radius 3 is 2.34 bits per heavy atom. The number of allylic oxidation sites excluding steroid dienone is 1. The average molecular weight is 429 g/mol. The SMILES string of the molecule is O=C1CC(c2ccc(F)cc2)CC2=C1C(c1ccccc1[N+](=O)[O-])Nc1ccccc1N2. The third-order valence-corrected chi connectivity index (χ3v) is 6.09. The van der Waals surface area contributed by atoms with Crippen LogP contribution in [0.1, 0.15) is 35.9 Å². The van der Waals surface area contributed by atoms with Crippen molar-refractivity contribution in [2.24, 2.45) is 0 Å². The Hall–Kier alpha value is -4.00. The number of halogens is 1. The second-order valence-electron chi connectivity index (χ2n) is 8.04. The number of hydrogen-bond donors (Lipinski definition) is 2. The molecule has 0 bridgehead atoms. The second-order valence-corrected chi connectivity index (χ2v) is 8.04. The van der Waals surface area contributed by atoms with Gasteiger partial charge in [-0.1, -0.05) is 36.4 Å². The largest absolute Gasteiger partial charge is 0.372 e. The molecule has 2 atom stereocenters. The lowest BCUT2D eigenvalue weighted by molar-refractivity contribution is -0.385. The summed E-state index contributed by atoms with van der Waals surface area (Å²) < 4.78 is 13.4. The molecule has 0 saturated carbocycles. The number of carbonyl (C=O) groups is 1. The highest BCUT2D eigenvalue weighted by Gasteiger charge is 2.38. The fourth-order valence-corrected chi connectivity index (χ4v) is 4.59. The number of anilines is 2. The predicted molar refractivity (Wildman–Crippen MR) is 120 cm³/mol. The zero-order chi connectivity index (χ0) is 22.2. The van der Waals surface area contributed by atoms with Crippen molar-refractivity contribution in [3.05, 3.63) is 111 Å². The molecule has 2 N–H and O–H groups in total. The number of hydrogen-bond acceptors (Lipinski definition) is 5.